The smallest absolute Gasteiger partial charge is 0.449 e. The fourth-order valence-electron chi connectivity index (χ4n) is 1.99. The van der Waals surface area contributed by atoms with E-state index in [0.717, 1.165) is 0 Å². The summed E-state index contributed by atoms with van der Waals surface area (Å²) in [6.07, 6.45) is 0.926. The summed E-state index contributed by atoms with van der Waals surface area (Å²) in [4.78, 5) is 0. The summed E-state index contributed by atoms with van der Waals surface area (Å²) < 4.78 is 41.4. The highest BCUT2D eigenvalue weighted by Crippen LogP contribution is 2.67. The third-order valence-electron chi connectivity index (χ3n) is 2.84. The normalized spacial score (nSPS) is 43.4. The average molecular weight is 165 g/mol. The Bertz CT molecular complexity index is 173. The summed E-state index contributed by atoms with van der Waals surface area (Å²) in [6.45, 7) is -3.75. The molecule has 1 heterocycles. The lowest BCUT2D eigenvalue weighted by Gasteiger charge is -2.16. The second kappa shape index (κ2) is 1.94. The molecular weight excluding hydrogens is 156 g/mol. The third-order valence-corrected chi connectivity index (χ3v) is 2.84. The summed E-state index contributed by atoms with van der Waals surface area (Å²) >= 11 is 0. The van der Waals surface area contributed by atoms with Gasteiger partial charge in [0.05, 0.1) is 0 Å². The van der Waals surface area contributed by atoms with E-state index < -0.39 is 18.2 Å². The molecule has 2 unspecified atom stereocenters. The Labute approximate surface area is 63.0 Å². The molecular formula is C6H9BF3O-. The van der Waals surface area contributed by atoms with Crippen LogP contribution in [-0.4, -0.2) is 20.2 Å². The molecule has 0 aromatic carbocycles. The van der Waals surface area contributed by atoms with Gasteiger partial charge in [0.1, 0.15) is 0 Å². The van der Waals surface area contributed by atoms with Crippen molar-refractivity contribution in [1.29, 1.82) is 0 Å². The van der Waals surface area contributed by atoms with Crippen LogP contribution in [0, 0.1) is 5.41 Å². The predicted octanol–water partition coefficient (Wildman–Crippen LogP) is 2.01. The van der Waals surface area contributed by atoms with Gasteiger partial charge < -0.3 is 17.7 Å². The van der Waals surface area contributed by atoms with Crippen LogP contribution in [-0.2, 0) is 4.74 Å². The van der Waals surface area contributed by atoms with Gasteiger partial charge in [0, 0.05) is 13.2 Å². The fourth-order valence-corrected chi connectivity index (χ4v) is 1.99. The van der Waals surface area contributed by atoms with Crippen molar-refractivity contribution in [2.75, 3.05) is 13.2 Å². The first kappa shape index (κ1) is 7.46. The Hall–Kier alpha value is -0.185. The van der Waals surface area contributed by atoms with E-state index in [1.165, 1.54) is 0 Å². The zero-order chi connectivity index (χ0) is 8.11. The van der Waals surface area contributed by atoms with E-state index in [1.54, 1.807) is 0 Å². The minimum atomic E-state index is -4.60. The molecule has 11 heavy (non-hydrogen) atoms. The third kappa shape index (κ3) is 1.06. The summed E-state index contributed by atoms with van der Waals surface area (Å²) in [5.41, 5.74) is -0.474. The fraction of sp³-hybridized carbons (Fsp3) is 1.00. The predicted molar refractivity (Wildman–Crippen MR) is 35.3 cm³/mol. The Morgan fingerprint density at radius 1 is 1.36 bits per heavy atom. The lowest BCUT2D eigenvalue weighted by atomic mass is 9.77. The van der Waals surface area contributed by atoms with E-state index in [9.17, 15) is 12.9 Å². The maximum atomic E-state index is 12.1. The number of hydrogen-bond acceptors (Lipinski definition) is 1. The van der Waals surface area contributed by atoms with E-state index in [0.29, 0.717) is 26.1 Å². The van der Waals surface area contributed by atoms with Gasteiger partial charge in [-0.3, -0.25) is 0 Å². The maximum absolute atomic E-state index is 12.1. The lowest BCUT2D eigenvalue weighted by Crippen LogP contribution is -2.20. The zero-order valence-electron chi connectivity index (χ0n) is 6.03. The molecule has 0 amide bonds. The average Bonchev–Trinajstić information content (AvgIpc) is 2.31. The van der Waals surface area contributed by atoms with E-state index in [-0.39, 0.29) is 0 Å². The van der Waals surface area contributed by atoms with Gasteiger partial charge in [-0.2, -0.15) is 0 Å². The molecule has 2 aliphatic rings. The highest BCUT2D eigenvalue weighted by molar-refractivity contribution is 6.61. The van der Waals surface area contributed by atoms with Crippen molar-refractivity contribution in [3.05, 3.63) is 0 Å². The molecule has 1 aliphatic carbocycles. The van der Waals surface area contributed by atoms with Crippen LogP contribution in [0.15, 0.2) is 0 Å². The summed E-state index contributed by atoms with van der Waals surface area (Å²) in [6, 6.07) is 0. The van der Waals surface area contributed by atoms with Gasteiger partial charge in [-0.15, -0.1) is 0 Å². The molecule has 1 saturated carbocycles. The van der Waals surface area contributed by atoms with Crippen molar-refractivity contribution >= 4 is 6.98 Å². The van der Waals surface area contributed by atoms with Crippen molar-refractivity contribution in [1.82, 2.24) is 0 Å². The molecule has 1 aliphatic heterocycles. The highest BCUT2D eigenvalue weighted by Gasteiger charge is 2.62. The van der Waals surface area contributed by atoms with Crippen LogP contribution in [0.4, 0.5) is 12.9 Å². The Morgan fingerprint density at radius 2 is 2.09 bits per heavy atom. The van der Waals surface area contributed by atoms with Crippen molar-refractivity contribution in [2.24, 2.45) is 5.41 Å². The molecule has 1 spiro atoms. The SMILES string of the molecule is F[B-](F)(F)C1CC12CCOC2. The molecule has 5 heteroatoms. The number of hydrogen-bond donors (Lipinski definition) is 0. The van der Waals surface area contributed by atoms with Crippen LogP contribution in [0.5, 0.6) is 0 Å². The second-order valence-electron chi connectivity index (χ2n) is 3.60. The highest BCUT2D eigenvalue weighted by atomic mass is 19.4. The zero-order valence-corrected chi connectivity index (χ0v) is 6.03. The van der Waals surface area contributed by atoms with Gasteiger partial charge >= 0.3 is 6.98 Å². The first-order valence-electron chi connectivity index (χ1n) is 3.82. The standard InChI is InChI=1S/C6H9BF3O/c8-7(9,10)5-3-6(5)1-2-11-4-6/h5H,1-4H2/q-1. The minimum absolute atomic E-state index is 0.316. The maximum Gasteiger partial charge on any atom is 0.482 e. The number of ether oxygens (including phenoxy) is 1. The van der Waals surface area contributed by atoms with E-state index in [2.05, 4.69) is 0 Å². The van der Waals surface area contributed by atoms with Crippen LogP contribution in [0.3, 0.4) is 0 Å². The van der Waals surface area contributed by atoms with Gasteiger partial charge in [-0.05, 0) is 11.8 Å². The van der Waals surface area contributed by atoms with E-state index in [4.69, 9.17) is 4.74 Å². The molecule has 2 atom stereocenters. The van der Waals surface area contributed by atoms with Gasteiger partial charge in [0.2, 0.25) is 0 Å². The Balaban J connectivity index is 2.03. The van der Waals surface area contributed by atoms with Crippen molar-refractivity contribution in [2.45, 2.75) is 18.7 Å². The molecule has 2 fully saturated rings. The monoisotopic (exact) mass is 165 g/mol. The van der Waals surface area contributed by atoms with Crippen molar-refractivity contribution in [3.8, 4) is 0 Å². The van der Waals surface area contributed by atoms with Crippen LogP contribution < -0.4 is 0 Å². The Morgan fingerprint density at radius 3 is 2.45 bits per heavy atom. The molecule has 1 nitrogen and oxygen atoms in total. The first-order valence-corrected chi connectivity index (χ1v) is 3.82. The molecule has 0 aromatic heterocycles. The molecule has 0 bridgehead atoms. The topological polar surface area (TPSA) is 9.23 Å². The van der Waals surface area contributed by atoms with Crippen LogP contribution >= 0.6 is 0 Å². The van der Waals surface area contributed by atoms with Crippen LogP contribution in [0.1, 0.15) is 12.8 Å². The van der Waals surface area contributed by atoms with Gasteiger partial charge in [0.25, 0.3) is 0 Å². The summed E-state index contributed by atoms with van der Waals surface area (Å²) in [7, 11) is 0. The molecule has 0 radical (unpaired) electrons. The molecule has 0 N–H and O–H groups in total. The van der Waals surface area contributed by atoms with E-state index >= 15 is 0 Å². The summed E-state index contributed by atoms with van der Waals surface area (Å²) in [5, 5.41) is 0. The minimum Gasteiger partial charge on any atom is -0.449 e. The Kier molecular flexibility index (Phi) is 1.32. The molecule has 1 saturated heterocycles. The number of rotatable bonds is 1. The largest absolute Gasteiger partial charge is 0.482 e. The first-order chi connectivity index (χ1) is 5.05. The van der Waals surface area contributed by atoms with Gasteiger partial charge in [-0.1, -0.05) is 12.2 Å². The van der Waals surface area contributed by atoms with Crippen LogP contribution in [0.2, 0.25) is 5.82 Å². The molecule has 0 aromatic rings. The van der Waals surface area contributed by atoms with Gasteiger partial charge in [0.15, 0.2) is 0 Å². The quantitative estimate of drug-likeness (QED) is 0.540. The van der Waals surface area contributed by atoms with Crippen molar-refractivity contribution in [3.63, 3.8) is 0 Å². The van der Waals surface area contributed by atoms with Crippen molar-refractivity contribution < 1.29 is 17.7 Å². The molecule has 2 rings (SSSR count). The van der Waals surface area contributed by atoms with Gasteiger partial charge in [-0.25, -0.2) is 0 Å². The molecule has 64 valence electrons. The van der Waals surface area contributed by atoms with Crippen LogP contribution in [0.25, 0.3) is 0 Å². The summed E-state index contributed by atoms with van der Waals surface area (Å²) in [5.74, 6) is -1.01. The second-order valence-corrected chi connectivity index (χ2v) is 3.60. The van der Waals surface area contributed by atoms with E-state index in [1.807, 2.05) is 0 Å². The number of halogens is 3. The lowest BCUT2D eigenvalue weighted by molar-refractivity contribution is 0.181.